The van der Waals surface area contributed by atoms with Gasteiger partial charge in [0.15, 0.2) is 0 Å². The van der Waals surface area contributed by atoms with Crippen molar-refractivity contribution in [1.29, 1.82) is 0 Å². The molecule has 3 heteroatoms. The lowest BCUT2D eigenvalue weighted by molar-refractivity contribution is -0.0171. The number of rotatable bonds is 8. The minimum absolute atomic E-state index is 0.336. The lowest BCUT2D eigenvalue weighted by Crippen LogP contribution is -2.47. The molecule has 1 aliphatic rings. The van der Waals surface area contributed by atoms with Crippen LogP contribution in [0.25, 0.3) is 0 Å². The second kappa shape index (κ2) is 9.16. The number of pyridine rings is 1. The largest absolute Gasteiger partial charge is 0.377 e. The summed E-state index contributed by atoms with van der Waals surface area (Å²) >= 11 is 0. The van der Waals surface area contributed by atoms with Gasteiger partial charge in [0.1, 0.15) is 0 Å². The van der Waals surface area contributed by atoms with Crippen LogP contribution in [0.15, 0.2) is 24.5 Å². The molecule has 0 bridgehead atoms. The van der Waals surface area contributed by atoms with Gasteiger partial charge in [-0.3, -0.25) is 4.98 Å². The highest BCUT2D eigenvalue weighted by atomic mass is 16.5. The molecule has 2 unspecified atom stereocenters. The summed E-state index contributed by atoms with van der Waals surface area (Å²) in [4.78, 5) is 4.12. The minimum atomic E-state index is 0.336. The zero-order valence-corrected chi connectivity index (χ0v) is 13.6. The lowest BCUT2D eigenvalue weighted by Gasteiger charge is -2.36. The van der Waals surface area contributed by atoms with Gasteiger partial charge in [-0.2, -0.15) is 0 Å². The summed E-state index contributed by atoms with van der Waals surface area (Å²) in [7, 11) is 0. The molecule has 0 spiro atoms. The second-order valence-corrected chi connectivity index (χ2v) is 6.04. The predicted molar refractivity (Wildman–Crippen MR) is 87.4 cm³/mol. The maximum atomic E-state index is 6.19. The Labute approximate surface area is 129 Å². The highest BCUT2D eigenvalue weighted by molar-refractivity contribution is 5.12. The molecule has 1 heterocycles. The van der Waals surface area contributed by atoms with Crippen molar-refractivity contribution in [3.8, 4) is 0 Å². The standard InChI is InChI=1S/C18H30N2O/c1-3-20-17(14-15-10-12-19-13-11-15)18(21-4-2)16-8-6-5-7-9-16/h10-13,16-18,20H,3-9,14H2,1-2H3. The summed E-state index contributed by atoms with van der Waals surface area (Å²) in [6.07, 6.45) is 11.9. The fourth-order valence-corrected chi connectivity index (χ4v) is 3.58. The van der Waals surface area contributed by atoms with Gasteiger partial charge in [0.25, 0.3) is 0 Å². The first-order valence-electron chi connectivity index (χ1n) is 8.59. The Balaban J connectivity index is 2.07. The van der Waals surface area contributed by atoms with Gasteiger partial charge < -0.3 is 10.1 Å². The Morgan fingerprint density at radius 1 is 1.19 bits per heavy atom. The average molecular weight is 290 g/mol. The molecule has 1 aliphatic carbocycles. The second-order valence-electron chi connectivity index (χ2n) is 6.04. The molecule has 0 aromatic carbocycles. The van der Waals surface area contributed by atoms with Crippen LogP contribution in [0.3, 0.4) is 0 Å². The molecule has 118 valence electrons. The molecule has 0 aliphatic heterocycles. The summed E-state index contributed by atoms with van der Waals surface area (Å²) in [5, 5.41) is 3.67. The average Bonchev–Trinajstić information content (AvgIpc) is 2.54. The van der Waals surface area contributed by atoms with Crippen LogP contribution in [0.5, 0.6) is 0 Å². The van der Waals surface area contributed by atoms with E-state index in [2.05, 4.69) is 36.3 Å². The molecule has 2 atom stereocenters. The van der Waals surface area contributed by atoms with E-state index in [9.17, 15) is 0 Å². The molecule has 1 aromatic rings. The van der Waals surface area contributed by atoms with Gasteiger partial charge in [-0.05, 0) is 56.3 Å². The van der Waals surface area contributed by atoms with E-state index >= 15 is 0 Å². The number of nitrogens with zero attached hydrogens (tertiary/aromatic N) is 1. The van der Waals surface area contributed by atoms with Crippen molar-refractivity contribution in [2.45, 2.75) is 64.5 Å². The predicted octanol–water partition coefficient (Wildman–Crippen LogP) is 3.59. The van der Waals surface area contributed by atoms with Crippen molar-refractivity contribution in [1.82, 2.24) is 10.3 Å². The zero-order chi connectivity index (χ0) is 14.9. The van der Waals surface area contributed by atoms with Gasteiger partial charge in [-0.25, -0.2) is 0 Å². The lowest BCUT2D eigenvalue weighted by atomic mass is 9.81. The van der Waals surface area contributed by atoms with Crippen molar-refractivity contribution in [3.63, 3.8) is 0 Å². The van der Waals surface area contributed by atoms with Crippen molar-refractivity contribution in [3.05, 3.63) is 30.1 Å². The maximum Gasteiger partial charge on any atom is 0.0759 e. The van der Waals surface area contributed by atoms with Crippen LogP contribution in [0.2, 0.25) is 0 Å². The molecule has 1 N–H and O–H groups in total. The number of aromatic nitrogens is 1. The normalized spacial score (nSPS) is 19.3. The minimum Gasteiger partial charge on any atom is -0.377 e. The van der Waals surface area contributed by atoms with E-state index in [0.717, 1.165) is 19.6 Å². The molecule has 2 rings (SSSR count). The first-order chi connectivity index (χ1) is 10.3. The number of hydrogen-bond donors (Lipinski definition) is 1. The summed E-state index contributed by atoms with van der Waals surface area (Å²) in [6, 6.07) is 4.64. The van der Waals surface area contributed by atoms with Crippen molar-refractivity contribution in [2.75, 3.05) is 13.2 Å². The van der Waals surface area contributed by atoms with Crippen molar-refractivity contribution < 1.29 is 4.74 Å². The van der Waals surface area contributed by atoms with Crippen LogP contribution in [0.1, 0.15) is 51.5 Å². The Hall–Kier alpha value is -0.930. The van der Waals surface area contributed by atoms with Crippen LogP contribution in [-0.4, -0.2) is 30.3 Å². The first-order valence-corrected chi connectivity index (χ1v) is 8.59. The Morgan fingerprint density at radius 2 is 1.90 bits per heavy atom. The topological polar surface area (TPSA) is 34.2 Å². The molecule has 1 fully saturated rings. The third-order valence-corrected chi connectivity index (χ3v) is 4.54. The van der Waals surface area contributed by atoms with Crippen molar-refractivity contribution >= 4 is 0 Å². The van der Waals surface area contributed by atoms with Gasteiger partial charge in [0.2, 0.25) is 0 Å². The smallest absolute Gasteiger partial charge is 0.0759 e. The fourth-order valence-electron chi connectivity index (χ4n) is 3.58. The highest BCUT2D eigenvalue weighted by Gasteiger charge is 2.30. The van der Waals surface area contributed by atoms with E-state index < -0.39 is 0 Å². The van der Waals surface area contributed by atoms with E-state index in [1.165, 1.54) is 37.7 Å². The summed E-state index contributed by atoms with van der Waals surface area (Å²) < 4.78 is 6.19. The summed E-state index contributed by atoms with van der Waals surface area (Å²) in [5.74, 6) is 0.713. The van der Waals surface area contributed by atoms with Crippen LogP contribution >= 0.6 is 0 Å². The van der Waals surface area contributed by atoms with E-state index in [1.807, 2.05) is 12.4 Å². The molecule has 21 heavy (non-hydrogen) atoms. The number of hydrogen-bond acceptors (Lipinski definition) is 3. The van der Waals surface area contributed by atoms with Crippen LogP contribution in [-0.2, 0) is 11.2 Å². The third kappa shape index (κ3) is 5.08. The molecule has 0 radical (unpaired) electrons. The Morgan fingerprint density at radius 3 is 2.52 bits per heavy atom. The monoisotopic (exact) mass is 290 g/mol. The molecule has 0 amide bonds. The van der Waals surface area contributed by atoms with Gasteiger partial charge >= 0.3 is 0 Å². The highest BCUT2D eigenvalue weighted by Crippen LogP contribution is 2.30. The van der Waals surface area contributed by atoms with Crippen LogP contribution in [0.4, 0.5) is 0 Å². The Bertz CT molecular complexity index is 376. The molecule has 1 saturated carbocycles. The first kappa shape index (κ1) is 16.4. The number of nitrogens with one attached hydrogen (secondary N) is 1. The molecule has 3 nitrogen and oxygen atoms in total. The zero-order valence-electron chi connectivity index (χ0n) is 13.6. The van der Waals surface area contributed by atoms with Crippen molar-refractivity contribution in [2.24, 2.45) is 5.92 Å². The quantitative estimate of drug-likeness (QED) is 0.794. The van der Waals surface area contributed by atoms with Gasteiger partial charge in [0.05, 0.1) is 6.10 Å². The fraction of sp³-hybridized carbons (Fsp3) is 0.722. The van der Waals surface area contributed by atoms with Crippen LogP contribution < -0.4 is 5.32 Å². The SMILES string of the molecule is CCNC(Cc1ccncc1)C(OCC)C1CCCCC1. The summed E-state index contributed by atoms with van der Waals surface area (Å²) in [6.45, 7) is 6.10. The van der Waals surface area contributed by atoms with E-state index in [1.54, 1.807) is 0 Å². The maximum absolute atomic E-state index is 6.19. The third-order valence-electron chi connectivity index (χ3n) is 4.54. The van der Waals surface area contributed by atoms with Gasteiger partial charge in [-0.15, -0.1) is 0 Å². The van der Waals surface area contributed by atoms with E-state index in [4.69, 9.17) is 4.74 Å². The van der Waals surface area contributed by atoms with E-state index in [0.29, 0.717) is 18.1 Å². The Kier molecular flexibility index (Phi) is 7.17. The van der Waals surface area contributed by atoms with Gasteiger partial charge in [-0.1, -0.05) is 26.2 Å². The number of likely N-dealkylation sites (N-methyl/N-ethyl adjacent to an activating group) is 1. The number of ether oxygens (including phenoxy) is 1. The molecule has 1 aromatic heterocycles. The summed E-state index contributed by atoms with van der Waals surface area (Å²) in [5.41, 5.74) is 1.34. The van der Waals surface area contributed by atoms with Gasteiger partial charge in [0, 0.05) is 25.0 Å². The molecular weight excluding hydrogens is 260 g/mol. The molecular formula is C18H30N2O. The van der Waals surface area contributed by atoms with Crippen LogP contribution in [0, 0.1) is 5.92 Å². The molecule has 0 saturated heterocycles. The van der Waals surface area contributed by atoms with E-state index in [-0.39, 0.29) is 0 Å².